The molecule has 0 radical (unpaired) electrons. The smallest absolute Gasteiger partial charge is 0.143 e. The number of halogens is 1. The van der Waals surface area contributed by atoms with Gasteiger partial charge in [-0.25, -0.2) is 0 Å². The normalized spacial score (nSPS) is 10.0. The Hall–Kier alpha value is -1.13. The average molecular weight is 245 g/mol. The van der Waals surface area contributed by atoms with Gasteiger partial charge < -0.3 is 20.5 Å². The summed E-state index contributed by atoms with van der Waals surface area (Å²) in [4.78, 5) is 0. The fourth-order valence-electron chi connectivity index (χ4n) is 1.32. The van der Waals surface area contributed by atoms with Crippen molar-refractivity contribution in [2.24, 2.45) is 5.73 Å². The molecule has 1 aromatic rings. The largest absolute Gasteiger partial charge is 0.495 e. The lowest BCUT2D eigenvalue weighted by atomic mass is 10.2. The quantitative estimate of drug-likeness (QED) is 0.753. The van der Waals surface area contributed by atoms with Crippen LogP contribution in [0.5, 0.6) is 11.5 Å². The Kier molecular flexibility index (Phi) is 5.22. The number of hydrogen-bond acceptors (Lipinski definition) is 4. The summed E-state index contributed by atoms with van der Waals surface area (Å²) in [5.41, 5.74) is 6.28. The SMILES string of the molecule is COc1cc(NCCCN)c(OC)cc1Cl. The Balaban J connectivity index is 2.86. The highest BCUT2D eigenvalue weighted by atomic mass is 35.5. The predicted octanol–water partition coefficient (Wildman–Crippen LogP) is 2.12. The van der Waals surface area contributed by atoms with Crippen molar-refractivity contribution in [3.63, 3.8) is 0 Å². The second-order valence-electron chi connectivity index (χ2n) is 3.26. The Morgan fingerprint density at radius 2 is 1.94 bits per heavy atom. The molecule has 16 heavy (non-hydrogen) atoms. The molecular formula is C11H17ClN2O2. The highest BCUT2D eigenvalue weighted by Crippen LogP contribution is 2.35. The first-order valence-corrected chi connectivity index (χ1v) is 5.46. The molecule has 0 spiro atoms. The summed E-state index contributed by atoms with van der Waals surface area (Å²) in [5.74, 6) is 1.32. The molecule has 0 aliphatic carbocycles. The number of ether oxygens (including phenoxy) is 2. The van der Waals surface area contributed by atoms with Gasteiger partial charge in [0, 0.05) is 18.7 Å². The second kappa shape index (κ2) is 6.45. The van der Waals surface area contributed by atoms with Gasteiger partial charge in [-0.2, -0.15) is 0 Å². The zero-order chi connectivity index (χ0) is 12.0. The van der Waals surface area contributed by atoms with Gasteiger partial charge in [0.15, 0.2) is 0 Å². The lowest BCUT2D eigenvalue weighted by Gasteiger charge is -2.13. The molecule has 90 valence electrons. The Morgan fingerprint density at radius 1 is 1.25 bits per heavy atom. The Bertz CT molecular complexity index is 345. The summed E-state index contributed by atoms with van der Waals surface area (Å²) in [5, 5.41) is 3.75. The van der Waals surface area contributed by atoms with Crippen molar-refractivity contribution in [2.45, 2.75) is 6.42 Å². The van der Waals surface area contributed by atoms with Crippen LogP contribution in [0.2, 0.25) is 5.02 Å². The van der Waals surface area contributed by atoms with E-state index < -0.39 is 0 Å². The molecule has 0 amide bonds. The van der Waals surface area contributed by atoms with Crippen molar-refractivity contribution >= 4 is 17.3 Å². The van der Waals surface area contributed by atoms with E-state index in [1.807, 2.05) is 6.07 Å². The number of methoxy groups -OCH3 is 2. The van der Waals surface area contributed by atoms with Crippen LogP contribution in [-0.4, -0.2) is 27.3 Å². The molecule has 0 aromatic heterocycles. The zero-order valence-electron chi connectivity index (χ0n) is 9.55. The van der Waals surface area contributed by atoms with Gasteiger partial charge in [-0.1, -0.05) is 11.6 Å². The molecule has 3 N–H and O–H groups in total. The van der Waals surface area contributed by atoms with E-state index in [1.54, 1.807) is 20.3 Å². The number of anilines is 1. The lowest BCUT2D eigenvalue weighted by molar-refractivity contribution is 0.404. The molecule has 0 fully saturated rings. The maximum Gasteiger partial charge on any atom is 0.143 e. The van der Waals surface area contributed by atoms with Gasteiger partial charge in [-0.15, -0.1) is 0 Å². The minimum Gasteiger partial charge on any atom is -0.495 e. The van der Waals surface area contributed by atoms with E-state index in [-0.39, 0.29) is 0 Å². The number of benzene rings is 1. The molecule has 0 heterocycles. The predicted molar refractivity (Wildman–Crippen MR) is 66.7 cm³/mol. The zero-order valence-corrected chi connectivity index (χ0v) is 10.3. The van der Waals surface area contributed by atoms with Crippen molar-refractivity contribution in [1.82, 2.24) is 0 Å². The summed E-state index contributed by atoms with van der Waals surface area (Å²) in [6.45, 7) is 1.44. The highest BCUT2D eigenvalue weighted by Gasteiger charge is 2.08. The molecular weight excluding hydrogens is 228 g/mol. The minimum atomic E-state index is 0.531. The van der Waals surface area contributed by atoms with Crippen molar-refractivity contribution in [2.75, 3.05) is 32.6 Å². The number of hydrogen-bond donors (Lipinski definition) is 2. The third-order valence-corrected chi connectivity index (χ3v) is 2.47. The summed E-state index contributed by atoms with van der Waals surface area (Å²) < 4.78 is 10.4. The summed E-state index contributed by atoms with van der Waals surface area (Å²) in [6.07, 6.45) is 0.897. The first-order chi connectivity index (χ1) is 7.72. The molecule has 0 saturated carbocycles. The van der Waals surface area contributed by atoms with Crippen LogP contribution in [0, 0.1) is 0 Å². The average Bonchev–Trinajstić information content (AvgIpc) is 2.30. The maximum absolute atomic E-state index is 5.99. The number of nitrogens with two attached hydrogens (primary N) is 1. The Labute approximate surface area is 101 Å². The fraction of sp³-hybridized carbons (Fsp3) is 0.455. The van der Waals surface area contributed by atoms with Gasteiger partial charge in [0.1, 0.15) is 11.5 Å². The van der Waals surface area contributed by atoms with E-state index >= 15 is 0 Å². The summed E-state index contributed by atoms with van der Waals surface area (Å²) >= 11 is 5.99. The highest BCUT2D eigenvalue weighted by molar-refractivity contribution is 6.32. The van der Waals surface area contributed by atoms with Crippen LogP contribution in [0.25, 0.3) is 0 Å². The van der Waals surface area contributed by atoms with E-state index in [0.717, 1.165) is 18.7 Å². The summed E-state index contributed by atoms with van der Waals surface area (Å²) in [7, 11) is 3.18. The summed E-state index contributed by atoms with van der Waals surface area (Å²) in [6, 6.07) is 3.54. The minimum absolute atomic E-state index is 0.531. The van der Waals surface area contributed by atoms with Gasteiger partial charge in [0.25, 0.3) is 0 Å². The van der Waals surface area contributed by atoms with E-state index in [0.29, 0.717) is 23.1 Å². The van der Waals surface area contributed by atoms with E-state index in [2.05, 4.69) is 5.32 Å². The van der Waals surface area contributed by atoms with Crippen molar-refractivity contribution in [3.8, 4) is 11.5 Å². The fourth-order valence-corrected chi connectivity index (χ4v) is 1.55. The van der Waals surface area contributed by atoms with Crippen LogP contribution in [0.15, 0.2) is 12.1 Å². The molecule has 0 aliphatic heterocycles. The van der Waals surface area contributed by atoms with Crippen LogP contribution in [-0.2, 0) is 0 Å². The molecule has 5 heteroatoms. The van der Waals surface area contributed by atoms with Gasteiger partial charge in [-0.3, -0.25) is 0 Å². The van der Waals surface area contributed by atoms with Crippen LogP contribution < -0.4 is 20.5 Å². The lowest BCUT2D eigenvalue weighted by Crippen LogP contribution is -2.09. The number of rotatable bonds is 6. The molecule has 0 saturated heterocycles. The van der Waals surface area contributed by atoms with Gasteiger partial charge in [0.05, 0.1) is 24.9 Å². The molecule has 4 nitrogen and oxygen atoms in total. The van der Waals surface area contributed by atoms with E-state index in [9.17, 15) is 0 Å². The van der Waals surface area contributed by atoms with Gasteiger partial charge in [0.2, 0.25) is 0 Å². The van der Waals surface area contributed by atoms with Crippen molar-refractivity contribution in [3.05, 3.63) is 17.2 Å². The van der Waals surface area contributed by atoms with E-state index in [4.69, 9.17) is 26.8 Å². The Morgan fingerprint density at radius 3 is 2.50 bits per heavy atom. The van der Waals surface area contributed by atoms with Crippen LogP contribution in [0.1, 0.15) is 6.42 Å². The standard InChI is InChI=1S/C11H17ClN2O2/c1-15-10-7-9(14-5-3-4-13)11(16-2)6-8(10)12/h6-7,14H,3-5,13H2,1-2H3. The maximum atomic E-state index is 5.99. The molecule has 1 rings (SSSR count). The van der Waals surface area contributed by atoms with Gasteiger partial charge >= 0.3 is 0 Å². The molecule has 0 unspecified atom stereocenters. The monoisotopic (exact) mass is 244 g/mol. The molecule has 0 atom stereocenters. The first kappa shape index (κ1) is 12.9. The molecule has 0 bridgehead atoms. The van der Waals surface area contributed by atoms with Crippen LogP contribution >= 0.6 is 11.6 Å². The van der Waals surface area contributed by atoms with Crippen molar-refractivity contribution < 1.29 is 9.47 Å². The third kappa shape index (κ3) is 3.18. The van der Waals surface area contributed by atoms with Crippen LogP contribution in [0.3, 0.4) is 0 Å². The second-order valence-corrected chi connectivity index (χ2v) is 3.66. The molecule has 0 aliphatic rings. The topological polar surface area (TPSA) is 56.5 Å². The molecule has 1 aromatic carbocycles. The van der Waals surface area contributed by atoms with Crippen molar-refractivity contribution in [1.29, 1.82) is 0 Å². The van der Waals surface area contributed by atoms with Gasteiger partial charge in [-0.05, 0) is 13.0 Å². The van der Waals surface area contributed by atoms with Crippen LogP contribution in [0.4, 0.5) is 5.69 Å². The number of nitrogens with one attached hydrogen (secondary N) is 1. The first-order valence-electron chi connectivity index (χ1n) is 5.08. The third-order valence-electron chi connectivity index (χ3n) is 2.17. The van der Waals surface area contributed by atoms with E-state index in [1.165, 1.54) is 0 Å².